The molecule has 0 fully saturated rings. The average Bonchev–Trinajstić information content (AvgIpc) is 2.91. The van der Waals surface area contributed by atoms with Crippen LogP contribution in [0.5, 0.6) is 5.75 Å². The number of fused-ring (bicyclic) bond motifs is 2. The first-order valence-corrected chi connectivity index (χ1v) is 13.0. The van der Waals surface area contributed by atoms with Crippen LogP contribution < -0.4 is 10.1 Å². The molecule has 0 saturated heterocycles. The zero-order chi connectivity index (χ0) is 25.8. The van der Waals surface area contributed by atoms with Gasteiger partial charge in [-0.15, -0.1) is 12.4 Å². The summed E-state index contributed by atoms with van der Waals surface area (Å²) in [5, 5.41) is 14.8. The van der Waals surface area contributed by atoms with Gasteiger partial charge in [-0.2, -0.15) is 0 Å². The average molecular weight is 534 g/mol. The zero-order valence-corrected chi connectivity index (χ0v) is 22.3. The molecule has 2 N–H and O–H groups in total. The number of carbonyl (C=O) groups is 1. The minimum absolute atomic E-state index is 0. The SMILES string of the molecule is Cc1ccc(C2CC(CCCNCCc3ccc(F)c4ccccc34)Oc3ccccc32)cc1C(=O)O.Cl. The van der Waals surface area contributed by atoms with Crippen LogP contribution in [0.3, 0.4) is 0 Å². The van der Waals surface area contributed by atoms with Gasteiger partial charge in [0, 0.05) is 16.9 Å². The fourth-order valence-electron chi connectivity index (χ4n) is 5.42. The lowest BCUT2D eigenvalue weighted by Gasteiger charge is -2.33. The number of carboxylic acids is 1. The number of benzene rings is 4. The molecule has 0 amide bonds. The fraction of sp³-hybridized carbons (Fsp3) is 0.281. The van der Waals surface area contributed by atoms with Crippen LogP contribution in [0, 0.1) is 12.7 Å². The number of hydrogen-bond acceptors (Lipinski definition) is 3. The summed E-state index contributed by atoms with van der Waals surface area (Å²) >= 11 is 0. The van der Waals surface area contributed by atoms with Crippen LogP contribution in [0.15, 0.2) is 78.9 Å². The minimum Gasteiger partial charge on any atom is -0.490 e. The number of nitrogens with one attached hydrogen (secondary N) is 1. The highest BCUT2D eigenvalue weighted by Gasteiger charge is 2.29. The van der Waals surface area contributed by atoms with Crippen LogP contribution in [0.2, 0.25) is 0 Å². The first-order chi connectivity index (χ1) is 18.0. The molecule has 0 bridgehead atoms. The Morgan fingerprint density at radius 3 is 2.58 bits per heavy atom. The molecule has 2 unspecified atom stereocenters. The molecule has 5 rings (SSSR count). The maximum atomic E-state index is 14.1. The number of halogens is 2. The molecule has 6 heteroatoms. The number of rotatable bonds is 9. The molecule has 0 aliphatic carbocycles. The third-order valence-electron chi connectivity index (χ3n) is 7.39. The maximum absolute atomic E-state index is 14.1. The van der Waals surface area contributed by atoms with Crippen molar-refractivity contribution in [1.29, 1.82) is 0 Å². The van der Waals surface area contributed by atoms with Crippen molar-refractivity contribution in [3.63, 3.8) is 0 Å². The van der Waals surface area contributed by atoms with Crippen LogP contribution in [-0.4, -0.2) is 30.3 Å². The molecule has 198 valence electrons. The smallest absolute Gasteiger partial charge is 0.335 e. The first-order valence-electron chi connectivity index (χ1n) is 13.0. The molecule has 1 aliphatic heterocycles. The van der Waals surface area contributed by atoms with E-state index in [-0.39, 0.29) is 30.2 Å². The summed E-state index contributed by atoms with van der Waals surface area (Å²) in [6.07, 6.45) is 3.61. The van der Waals surface area contributed by atoms with Crippen LogP contribution in [-0.2, 0) is 6.42 Å². The molecule has 4 aromatic carbocycles. The van der Waals surface area contributed by atoms with E-state index in [0.717, 1.165) is 72.2 Å². The van der Waals surface area contributed by atoms with Gasteiger partial charge in [0.2, 0.25) is 0 Å². The summed E-state index contributed by atoms with van der Waals surface area (Å²) in [5.74, 6) is -0.0776. The Balaban J connectivity index is 0.00000336. The Kier molecular flexibility index (Phi) is 9.03. The van der Waals surface area contributed by atoms with Crippen LogP contribution >= 0.6 is 12.4 Å². The van der Waals surface area contributed by atoms with Crippen molar-refractivity contribution < 1.29 is 19.0 Å². The molecular formula is C32H33ClFNO3. The molecule has 0 spiro atoms. The highest BCUT2D eigenvalue weighted by Crippen LogP contribution is 2.41. The molecule has 38 heavy (non-hydrogen) atoms. The Hall–Kier alpha value is -3.41. The van der Waals surface area contributed by atoms with Crippen molar-refractivity contribution in [2.45, 2.75) is 44.6 Å². The van der Waals surface area contributed by atoms with Crippen molar-refractivity contribution >= 4 is 29.1 Å². The van der Waals surface area contributed by atoms with Gasteiger partial charge in [0.25, 0.3) is 0 Å². The van der Waals surface area contributed by atoms with Gasteiger partial charge in [0.1, 0.15) is 11.6 Å². The molecule has 2 atom stereocenters. The van der Waals surface area contributed by atoms with Crippen LogP contribution in [0.25, 0.3) is 10.8 Å². The summed E-state index contributed by atoms with van der Waals surface area (Å²) in [7, 11) is 0. The second-order valence-electron chi connectivity index (χ2n) is 9.84. The third kappa shape index (κ3) is 6.01. The predicted octanol–water partition coefficient (Wildman–Crippen LogP) is 7.30. The summed E-state index contributed by atoms with van der Waals surface area (Å²) in [6.45, 7) is 3.53. The minimum atomic E-state index is -0.893. The lowest BCUT2D eigenvalue weighted by Crippen LogP contribution is -2.28. The highest BCUT2D eigenvalue weighted by atomic mass is 35.5. The summed E-state index contributed by atoms with van der Waals surface area (Å²) in [5.41, 5.74) is 4.42. The van der Waals surface area contributed by atoms with Gasteiger partial charge >= 0.3 is 5.97 Å². The number of aryl methyl sites for hydroxylation is 1. The monoisotopic (exact) mass is 533 g/mol. The lowest BCUT2D eigenvalue weighted by molar-refractivity contribution is 0.0696. The number of ether oxygens (including phenoxy) is 1. The summed E-state index contributed by atoms with van der Waals surface area (Å²) < 4.78 is 20.4. The molecule has 4 nitrogen and oxygen atoms in total. The molecule has 1 heterocycles. The first kappa shape index (κ1) is 27.6. The Labute approximate surface area is 229 Å². The second-order valence-corrected chi connectivity index (χ2v) is 9.84. The normalized spacial score (nSPS) is 16.4. The quantitative estimate of drug-likeness (QED) is 0.222. The van der Waals surface area contributed by atoms with Crippen molar-refractivity contribution in [3.05, 3.63) is 112 Å². The summed E-state index contributed by atoms with van der Waals surface area (Å²) in [6, 6.07) is 24.9. The van der Waals surface area contributed by atoms with Crippen LogP contribution in [0.4, 0.5) is 4.39 Å². The van der Waals surface area contributed by atoms with E-state index in [0.29, 0.717) is 10.9 Å². The number of carboxylic acid groups (broad SMARTS) is 1. The Morgan fingerprint density at radius 2 is 1.76 bits per heavy atom. The van der Waals surface area contributed by atoms with E-state index in [1.807, 2.05) is 73.7 Å². The van der Waals surface area contributed by atoms with Gasteiger partial charge < -0.3 is 15.2 Å². The lowest BCUT2D eigenvalue weighted by atomic mass is 9.82. The van der Waals surface area contributed by atoms with E-state index in [9.17, 15) is 14.3 Å². The molecule has 4 aromatic rings. The van der Waals surface area contributed by atoms with Gasteiger partial charge in [-0.05, 0) is 86.0 Å². The van der Waals surface area contributed by atoms with Gasteiger partial charge in [-0.1, -0.05) is 60.7 Å². The van der Waals surface area contributed by atoms with Crippen LogP contribution in [0.1, 0.15) is 57.8 Å². The summed E-state index contributed by atoms with van der Waals surface area (Å²) in [4.78, 5) is 11.7. The Morgan fingerprint density at radius 1 is 1.00 bits per heavy atom. The largest absolute Gasteiger partial charge is 0.490 e. The maximum Gasteiger partial charge on any atom is 0.335 e. The Bertz CT molecular complexity index is 1420. The van der Waals surface area contributed by atoms with Gasteiger partial charge in [0.05, 0.1) is 11.7 Å². The molecule has 0 aromatic heterocycles. The van der Waals surface area contributed by atoms with E-state index < -0.39 is 5.97 Å². The van der Waals surface area contributed by atoms with Gasteiger partial charge in [-0.3, -0.25) is 0 Å². The second kappa shape index (κ2) is 12.4. The molecule has 0 saturated carbocycles. The van der Waals surface area contributed by atoms with E-state index in [1.54, 1.807) is 6.07 Å². The molecule has 1 aliphatic rings. The predicted molar refractivity (Wildman–Crippen MR) is 152 cm³/mol. The van der Waals surface area contributed by atoms with Crippen molar-refractivity contribution in [1.82, 2.24) is 5.32 Å². The number of hydrogen-bond donors (Lipinski definition) is 2. The van der Waals surface area contributed by atoms with Crippen molar-refractivity contribution in [3.8, 4) is 5.75 Å². The van der Waals surface area contributed by atoms with E-state index in [2.05, 4.69) is 11.4 Å². The standard InChI is InChI=1S/C32H32FNO3.ClH/c1-21-12-13-23(19-28(21)32(35)36)29-20-24(37-31-11-5-4-10-27(29)31)7-6-17-34-18-16-22-14-15-30(33)26-9-3-2-8-25(22)26;/h2-5,8-15,19,24,29,34H,6-7,16-18,20H2,1H3,(H,35,36);1H. The van der Waals surface area contributed by atoms with E-state index in [4.69, 9.17) is 4.74 Å². The van der Waals surface area contributed by atoms with Gasteiger partial charge in [-0.25, -0.2) is 9.18 Å². The van der Waals surface area contributed by atoms with Crippen molar-refractivity contribution in [2.75, 3.05) is 13.1 Å². The fourth-order valence-corrected chi connectivity index (χ4v) is 5.42. The zero-order valence-electron chi connectivity index (χ0n) is 21.5. The highest BCUT2D eigenvalue weighted by molar-refractivity contribution is 5.89. The third-order valence-corrected chi connectivity index (χ3v) is 7.39. The number of aromatic carboxylic acids is 1. The van der Waals surface area contributed by atoms with E-state index in [1.165, 1.54) is 0 Å². The van der Waals surface area contributed by atoms with E-state index >= 15 is 0 Å². The molecular weight excluding hydrogens is 501 g/mol. The van der Waals surface area contributed by atoms with Gasteiger partial charge in [0.15, 0.2) is 0 Å². The number of para-hydroxylation sites is 1. The molecule has 0 radical (unpaired) electrons. The van der Waals surface area contributed by atoms with Crippen molar-refractivity contribution in [2.24, 2.45) is 0 Å². The topological polar surface area (TPSA) is 58.6 Å².